The summed E-state index contributed by atoms with van der Waals surface area (Å²) in [5.74, 6) is -0.491. The molecule has 3 unspecified atom stereocenters. The van der Waals surface area contributed by atoms with Crippen LogP contribution >= 0.6 is 0 Å². The van der Waals surface area contributed by atoms with Crippen molar-refractivity contribution in [3.8, 4) is 0 Å². The van der Waals surface area contributed by atoms with Crippen LogP contribution in [0.3, 0.4) is 0 Å². The van der Waals surface area contributed by atoms with Crippen LogP contribution in [-0.4, -0.2) is 46.9 Å². The van der Waals surface area contributed by atoms with Gasteiger partial charge in [-0.2, -0.15) is 0 Å². The molecule has 0 spiro atoms. The number of carbonyl (C=O) groups excluding carboxylic acids is 2. The fourth-order valence-corrected chi connectivity index (χ4v) is 7.55. The topological polar surface area (TPSA) is 95.9 Å². The SMILES string of the molecule is CC/C=C/C=C/C=C\CCCCCCCC(=O)OC(CCCCCCCCCCCC)CC(=O)NC(CO)C(O)CCCCCCCCCCCCCCCCC. The molecule has 334 valence electrons. The van der Waals surface area contributed by atoms with E-state index >= 15 is 0 Å². The number of esters is 1. The molecule has 6 heteroatoms. The van der Waals surface area contributed by atoms with Crippen LogP contribution in [-0.2, 0) is 14.3 Å². The second-order valence-corrected chi connectivity index (χ2v) is 16.9. The molecule has 0 bridgehead atoms. The van der Waals surface area contributed by atoms with Crippen LogP contribution < -0.4 is 5.32 Å². The lowest BCUT2D eigenvalue weighted by Gasteiger charge is -2.24. The monoisotopic (exact) mass is 802 g/mol. The molecule has 0 heterocycles. The largest absolute Gasteiger partial charge is 0.462 e. The maximum Gasteiger partial charge on any atom is 0.306 e. The predicted octanol–water partition coefficient (Wildman–Crippen LogP) is 14.5. The minimum atomic E-state index is -0.787. The summed E-state index contributed by atoms with van der Waals surface area (Å²) in [4.78, 5) is 26.0. The van der Waals surface area contributed by atoms with E-state index in [9.17, 15) is 19.8 Å². The number of rotatable bonds is 44. The lowest BCUT2D eigenvalue weighted by Crippen LogP contribution is -2.46. The first-order valence-corrected chi connectivity index (χ1v) is 24.7. The third-order valence-electron chi connectivity index (χ3n) is 11.3. The van der Waals surface area contributed by atoms with Gasteiger partial charge in [-0.15, -0.1) is 0 Å². The van der Waals surface area contributed by atoms with Crippen molar-refractivity contribution in [1.29, 1.82) is 0 Å². The Bertz CT molecular complexity index is 946. The number of unbranched alkanes of at least 4 members (excludes halogenated alkanes) is 28. The molecule has 0 aliphatic heterocycles. The molecular formula is C51H95NO5. The number of ether oxygens (including phenoxy) is 1. The first kappa shape index (κ1) is 55.1. The van der Waals surface area contributed by atoms with Crippen molar-refractivity contribution in [3.63, 3.8) is 0 Å². The van der Waals surface area contributed by atoms with Gasteiger partial charge in [0, 0.05) is 6.42 Å². The maximum absolute atomic E-state index is 13.2. The molecule has 0 saturated carbocycles. The molecule has 0 radical (unpaired) electrons. The highest BCUT2D eigenvalue weighted by Crippen LogP contribution is 2.18. The van der Waals surface area contributed by atoms with Gasteiger partial charge in [0.05, 0.1) is 25.2 Å². The molecule has 0 aromatic rings. The van der Waals surface area contributed by atoms with Gasteiger partial charge in [0.25, 0.3) is 0 Å². The summed E-state index contributed by atoms with van der Waals surface area (Å²) in [6, 6.07) is -0.701. The van der Waals surface area contributed by atoms with Gasteiger partial charge >= 0.3 is 5.97 Å². The minimum absolute atomic E-state index is 0.0724. The number of allylic oxidation sites excluding steroid dienone is 6. The Balaban J connectivity index is 4.50. The summed E-state index contributed by atoms with van der Waals surface area (Å²) in [6.07, 6.45) is 52.0. The van der Waals surface area contributed by atoms with Gasteiger partial charge in [-0.1, -0.05) is 231 Å². The third kappa shape index (κ3) is 40.6. The Morgan fingerprint density at radius 3 is 1.42 bits per heavy atom. The second-order valence-electron chi connectivity index (χ2n) is 16.9. The van der Waals surface area contributed by atoms with Gasteiger partial charge in [0.2, 0.25) is 5.91 Å². The van der Waals surface area contributed by atoms with Crippen molar-refractivity contribution in [2.45, 2.75) is 270 Å². The van der Waals surface area contributed by atoms with E-state index in [1.165, 1.54) is 135 Å². The Morgan fingerprint density at radius 1 is 0.526 bits per heavy atom. The van der Waals surface area contributed by atoms with E-state index in [0.717, 1.165) is 70.6 Å². The number of amides is 1. The van der Waals surface area contributed by atoms with Gasteiger partial charge < -0.3 is 20.3 Å². The maximum atomic E-state index is 13.2. The quantitative estimate of drug-likeness (QED) is 0.0324. The lowest BCUT2D eigenvalue weighted by molar-refractivity contribution is -0.151. The molecule has 0 aliphatic carbocycles. The van der Waals surface area contributed by atoms with Crippen LogP contribution in [0.25, 0.3) is 0 Å². The normalized spacial score (nSPS) is 13.6. The summed E-state index contributed by atoms with van der Waals surface area (Å²) in [5, 5.41) is 23.7. The smallest absolute Gasteiger partial charge is 0.306 e. The van der Waals surface area contributed by atoms with Gasteiger partial charge in [-0.3, -0.25) is 9.59 Å². The van der Waals surface area contributed by atoms with Crippen molar-refractivity contribution in [2.75, 3.05) is 6.61 Å². The van der Waals surface area contributed by atoms with Crippen LogP contribution in [0.4, 0.5) is 0 Å². The number of nitrogens with one attached hydrogen (secondary N) is 1. The molecule has 0 saturated heterocycles. The van der Waals surface area contributed by atoms with Gasteiger partial charge in [-0.25, -0.2) is 0 Å². The van der Waals surface area contributed by atoms with Gasteiger partial charge in [-0.05, 0) is 44.9 Å². The molecule has 57 heavy (non-hydrogen) atoms. The van der Waals surface area contributed by atoms with Crippen LogP contribution in [0.2, 0.25) is 0 Å². The van der Waals surface area contributed by atoms with E-state index in [0.29, 0.717) is 19.3 Å². The third-order valence-corrected chi connectivity index (χ3v) is 11.3. The average Bonchev–Trinajstić information content (AvgIpc) is 3.20. The van der Waals surface area contributed by atoms with Crippen LogP contribution in [0, 0.1) is 0 Å². The Kier molecular flexibility index (Phi) is 43.6. The van der Waals surface area contributed by atoms with Crippen molar-refractivity contribution in [3.05, 3.63) is 36.5 Å². The highest BCUT2D eigenvalue weighted by molar-refractivity contribution is 5.77. The molecule has 0 rings (SSSR count). The summed E-state index contributed by atoms with van der Waals surface area (Å²) in [7, 11) is 0. The van der Waals surface area contributed by atoms with Gasteiger partial charge in [0.15, 0.2) is 0 Å². The first-order valence-electron chi connectivity index (χ1n) is 24.7. The van der Waals surface area contributed by atoms with E-state index in [-0.39, 0.29) is 24.9 Å². The van der Waals surface area contributed by atoms with Crippen molar-refractivity contribution >= 4 is 11.9 Å². The summed E-state index contributed by atoms with van der Waals surface area (Å²) < 4.78 is 5.90. The molecule has 6 nitrogen and oxygen atoms in total. The summed E-state index contributed by atoms with van der Waals surface area (Å²) in [5.41, 5.74) is 0. The van der Waals surface area contributed by atoms with Gasteiger partial charge in [0.1, 0.15) is 6.10 Å². The zero-order valence-corrected chi connectivity index (χ0v) is 38.0. The lowest BCUT2D eigenvalue weighted by atomic mass is 10.0. The molecule has 0 aliphatic rings. The molecule has 0 fully saturated rings. The van der Waals surface area contributed by atoms with E-state index in [4.69, 9.17) is 4.74 Å². The fourth-order valence-electron chi connectivity index (χ4n) is 7.55. The highest BCUT2D eigenvalue weighted by Gasteiger charge is 2.24. The predicted molar refractivity (Wildman–Crippen MR) is 246 cm³/mol. The molecular weight excluding hydrogens is 707 g/mol. The van der Waals surface area contributed by atoms with E-state index in [1.54, 1.807) is 0 Å². The summed E-state index contributed by atoms with van der Waals surface area (Å²) in [6.45, 7) is 6.35. The van der Waals surface area contributed by atoms with Crippen molar-refractivity contribution in [2.24, 2.45) is 0 Å². The number of hydrogen-bond acceptors (Lipinski definition) is 5. The summed E-state index contributed by atoms with van der Waals surface area (Å²) >= 11 is 0. The molecule has 3 atom stereocenters. The fraction of sp³-hybridized carbons (Fsp3) is 0.843. The second kappa shape index (κ2) is 45.2. The molecule has 3 N–H and O–H groups in total. The van der Waals surface area contributed by atoms with Crippen molar-refractivity contribution < 1.29 is 24.5 Å². The average molecular weight is 802 g/mol. The van der Waals surface area contributed by atoms with Crippen LogP contribution in [0.15, 0.2) is 36.5 Å². The minimum Gasteiger partial charge on any atom is -0.462 e. The Morgan fingerprint density at radius 2 is 0.947 bits per heavy atom. The standard InChI is InChI=1S/C51H95NO5/c1-4-7-10-13-16-19-22-24-25-27-28-31-34-37-40-43-49(54)48(46-53)52-50(55)45-47(42-39-36-33-30-21-18-15-12-9-6-3)57-51(56)44-41-38-35-32-29-26-23-20-17-14-11-8-5-2/h8,11,14,17,20,23,47-49,53-54H,4-7,9-10,12-13,15-16,18-19,21-22,24-46H2,1-3H3,(H,52,55)/b11-8+,17-14+,23-20-. The zero-order chi connectivity index (χ0) is 41.7. The molecule has 1 amide bonds. The zero-order valence-electron chi connectivity index (χ0n) is 38.0. The van der Waals surface area contributed by atoms with Crippen molar-refractivity contribution in [1.82, 2.24) is 5.32 Å². The van der Waals surface area contributed by atoms with Crippen LogP contribution in [0.1, 0.15) is 252 Å². The van der Waals surface area contributed by atoms with E-state index in [1.807, 2.05) is 0 Å². The Labute approximate surface area is 353 Å². The van der Waals surface area contributed by atoms with E-state index in [2.05, 4.69) is 62.5 Å². The first-order chi connectivity index (χ1) is 28.0. The molecule has 0 aromatic carbocycles. The Hall–Kier alpha value is -1.92. The highest BCUT2D eigenvalue weighted by atomic mass is 16.5. The molecule has 0 aromatic heterocycles. The number of hydrogen-bond donors (Lipinski definition) is 3. The van der Waals surface area contributed by atoms with Crippen LogP contribution in [0.5, 0.6) is 0 Å². The van der Waals surface area contributed by atoms with E-state index < -0.39 is 18.2 Å². The number of aliphatic hydroxyl groups is 2. The number of aliphatic hydroxyl groups excluding tert-OH is 2. The number of carbonyl (C=O) groups is 2.